The number of nitrogens with zero attached hydrogens (tertiary/aromatic N) is 1. The first-order valence-corrected chi connectivity index (χ1v) is 4.89. The first-order valence-electron chi connectivity index (χ1n) is 4.18. The first-order chi connectivity index (χ1) is 5.70. The van der Waals surface area contributed by atoms with Crippen LogP contribution >= 0.6 is 16.1 Å². The monoisotopic (exact) mass is 227 g/mol. The largest absolute Gasteiger partial charge is 0.309 e. The molecule has 0 heterocycles. The number of hydrogen-bond acceptors (Lipinski definition) is 1. The van der Waals surface area contributed by atoms with E-state index < -0.39 is 0 Å². The van der Waals surface area contributed by atoms with Crippen LogP contribution in [0.25, 0.3) is 0 Å². The Balaban J connectivity index is 2.59. The summed E-state index contributed by atoms with van der Waals surface area (Å²) in [5.41, 5.74) is 1.21. The fraction of sp³-hybridized carbons (Fsp3) is 0.400. The molecule has 0 atom stereocenters. The molecular formula is C10H14BrN. The van der Waals surface area contributed by atoms with Crippen molar-refractivity contribution in [3.8, 4) is 0 Å². The average Bonchev–Trinajstić information content (AvgIpc) is 2.05. The van der Waals surface area contributed by atoms with Crippen LogP contribution < -0.4 is 3.93 Å². The number of hydrogen-bond donors (Lipinski definition) is 0. The maximum absolute atomic E-state index is 3.52. The smallest absolute Gasteiger partial charge is 0.0496 e. The van der Waals surface area contributed by atoms with Crippen LogP contribution in [0.5, 0.6) is 0 Å². The number of anilines is 1. The van der Waals surface area contributed by atoms with E-state index in [4.69, 9.17) is 0 Å². The quantitative estimate of drug-likeness (QED) is 0.716. The van der Waals surface area contributed by atoms with Crippen LogP contribution in [-0.4, -0.2) is 6.54 Å². The lowest BCUT2D eigenvalue weighted by Crippen LogP contribution is -2.15. The highest BCUT2D eigenvalue weighted by molar-refractivity contribution is 9.10. The SMILES string of the molecule is CC(C)CN(Br)c1ccccc1. The molecule has 0 aliphatic heterocycles. The first kappa shape index (κ1) is 9.59. The highest BCUT2D eigenvalue weighted by Crippen LogP contribution is 2.18. The second-order valence-corrected chi connectivity index (χ2v) is 4.13. The summed E-state index contributed by atoms with van der Waals surface area (Å²) in [5, 5.41) is 0. The summed E-state index contributed by atoms with van der Waals surface area (Å²) < 4.78 is 2.09. The standard InChI is InChI=1S/C10H14BrN/c1-9(2)8-12(11)10-6-4-3-5-7-10/h3-7,9H,8H2,1-2H3. The molecule has 1 nitrogen and oxygen atoms in total. The van der Waals surface area contributed by atoms with Crippen LogP contribution in [0.3, 0.4) is 0 Å². The molecule has 0 spiro atoms. The third-order valence-corrected chi connectivity index (χ3v) is 2.26. The van der Waals surface area contributed by atoms with E-state index in [1.54, 1.807) is 0 Å². The summed E-state index contributed by atoms with van der Waals surface area (Å²) >= 11 is 3.52. The molecule has 66 valence electrons. The molecule has 1 aromatic rings. The zero-order valence-corrected chi connectivity index (χ0v) is 9.08. The van der Waals surface area contributed by atoms with Gasteiger partial charge in [0.2, 0.25) is 0 Å². The molecule has 0 fully saturated rings. The van der Waals surface area contributed by atoms with Gasteiger partial charge in [0.1, 0.15) is 0 Å². The summed E-state index contributed by atoms with van der Waals surface area (Å²) in [6, 6.07) is 10.3. The molecule has 0 amide bonds. The maximum atomic E-state index is 3.52. The van der Waals surface area contributed by atoms with Crippen LogP contribution in [0.4, 0.5) is 5.69 Å². The maximum Gasteiger partial charge on any atom is 0.0496 e. The summed E-state index contributed by atoms with van der Waals surface area (Å²) in [7, 11) is 0. The molecule has 1 rings (SSSR count). The van der Waals surface area contributed by atoms with Crippen molar-refractivity contribution in [2.45, 2.75) is 13.8 Å². The van der Waals surface area contributed by atoms with Crippen molar-refractivity contribution in [2.24, 2.45) is 5.92 Å². The minimum absolute atomic E-state index is 0.671. The van der Waals surface area contributed by atoms with Crippen LogP contribution in [0.15, 0.2) is 30.3 Å². The number of rotatable bonds is 3. The molecule has 0 aromatic heterocycles. The highest BCUT2D eigenvalue weighted by atomic mass is 79.9. The molecule has 0 radical (unpaired) electrons. The van der Waals surface area contributed by atoms with Gasteiger partial charge in [-0.1, -0.05) is 32.0 Å². The number of benzene rings is 1. The minimum Gasteiger partial charge on any atom is -0.309 e. The van der Waals surface area contributed by atoms with Crippen molar-refractivity contribution < 1.29 is 0 Å². The Hall–Kier alpha value is -0.500. The number of para-hydroxylation sites is 1. The van der Waals surface area contributed by atoms with Gasteiger partial charge in [0, 0.05) is 28.4 Å². The van der Waals surface area contributed by atoms with Gasteiger partial charge in [0.05, 0.1) is 0 Å². The van der Waals surface area contributed by atoms with Gasteiger partial charge < -0.3 is 3.93 Å². The molecule has 12 heavy (non-hydrogen) atoms. The van der Waals surface area contributed by atoms with E-state index >= 15 is 0 Å². The minimum atomic E-state index is 0.671. The normalized spacial score (nSPS) is 10.3. The van der Waals surface area contributed by atoms with Crippen molar-refractivity contribution in [1.29, 1.82) is 0 Å². The van der Waals surface area contributed by atoms with Crippen molar-refractivity contribution in [1.82, 2.24) is 0 Å². The van der Waals surface area contributed by atoms with E-state index in [9.17, 15) is 0 Å². The van der Waals surface area contributed by atoms with E-state index in [0.717, 1.165) is 6.54 Å². The second kappa shape index (κ2) is 4.51. The highest BCUT2D eigenvalue weighted by Gasteiger charge is 2.03. The average molecular weight is 228 g/mol. The lowest BCUT2D eigenvalue weighted by Gasteiger charge is -2.18. The molecule has 0 saturated heterocycles. The van der Waals surface area contributed by atoms with Gasteiger partial charge in [0.25, 0.3) is 0 Å². The Morgan fingerprint density at radius 2 is 1.83 bits per heavy atom. The van der Waals surface area contributed by atoms with Crippen LogP contribution in [-0.2, 0) is 0 Å². The van der Waals surface area contributed by atoms with Gasteiger partial charge in [0.15, 0.2) is 0 Å². The Labute approximate surface area is 82.7 Å². The predicted octanol–water partition coefficient (Wildman–Crippen LogP) is 3.46. The van der Waals surface area contributed by atoms with Crippen molar-refractivity contribution in [3.63, 3.8) is 0 Å². The van der Waals surface area contributed by atoms with Crippen LogP contribution in [0, 0.1) is 5.92 Å². The van der Waals surface area contributed by atoms with E-state index in [2.05, 4.69) is 46.1 Å². The molecule has 2 heteroatoms. The second-order valence-electron chi connectivity index (χ2n) is 3.27. The van der Waals surface area contributed by atoms with Crippen molar-refractivity contribution in [2.75, 3.05) is 10.5 Å². The van der Waals surface area contributed by atoms with Gasteiger partial charge in [-0.15, -0.1) is 0 Å². The van der Waals surface area contributed by atoms with Gasteiger partial charge in [-0.25, -0.2) is 0 Å². The van der Waals surface area contributed by atoms with Crippen LogP contribution in [0.1, 0.15) is 13.8 Å². The van der Waals surface area contributed by atoms with E-state index in [0.29, 0.717) is 5.92 Å². The lowest BCUT2D eigenvalue weighted by molar-refractivity contribution is 0.671. The molecular weight excluding hydrogens is 214 g/mol. The topological polar surface area (TPSA) is 3.24 Å². The molecule has 0 aliphatic rings. The summed E-state index contributed by atoms with van der Waals surface area (Å²) in [4.78, 5) is 0. The van der Waals surface area contributed by atoms with Gasteiger partial charge >= 0.3 is 0 Å². The van der Waals surface area contributed by atoms with E-state index in [1.165, 1.54) is 5.69 Å². The molecule has 0 N–H and O–H groups in total. The molecule has 0 saturated carbocycles. The third-order valence-electron chi connectivity index (χ3n) is 1.56. The summed E-state index contributed by atoms with van der Waals surface area (Å²) in [5.74, 6) is 0.671. The van der Waals surface area contributed by atoms with Crippen molar-refractivity contribution >= 4 is 21.8 Å². The Kier molecular flexibility index (Phi) is 3.60. The summed E-state index contributed by atoms with van der Waals surface area (Å²) in [6.07, 6.45) is 0. The molecule has 1 aromatic carbocycles. The van der Waals surface area contributed by atoms with Crippen molar-refractivity contribution in [3.05, 3.63) is 30.3 Å². The zero-order chi connectivity index (χ0) is 8.97. The molecule has 0 bridgehead atoms. The van der Waals surface area contributed by atoms with Gasteiger partial charge in [-0.3, -0.25) is 0 Å². The van der Waals surface area contributed by atoms with E-state index in [-0.39, 0.29) is 0 Å². The van der Waals surface area contributed by atoms with Crippen LogP contribution in [0.2, 0.25) is 0 Å². The fourth-order valence-electron chi connectivity index (χ4n) is 1.02. The summed E-state index contributed by atoms with van der Waals surface area (Å²) in [6.45, 7) is 5.44. The lowest BCUT2D eigenvalue weighted by atomic mass is 10.2. The fourth-order valence-corrected chi connectivity index (χ4v) is 1.83. The zero-order valence-electron chi connectivity index (χ0n) is 7.50. The Morgan fingerprint density at radius 1 is 1.25 bits per heavy atom. The molecule has 0 aliphatic carbocycles. The molecule has 0 unspecified atom stereocenters. The Bertz CT molecular complexity index is 221. The third kappa shape index (κ3) is 2.86. The predicted molar refractivity (Wildman–Crippen MR) is 57.6 cm³/mol. The van der Waals surface area contributed by atoms with Gasteiger partial charge in [-0.2, -0.15) is 0 Å². The van der Waals surface area contributed by atoms with E-state index in [1.807, 2.05) is 18.2 Å². The Morgan fingerprint density at radius 3 is 2.33 bits per heavy atom. The van der Waals surface area contributed by atoms with Gasteiger partial charge in [-0.05, 0) is 18.1 Å². The number of halogens is 1.